The maximum absolute atomic E-state index is 5.28. The maximum Gasteiger partial charge on any atom is 0.162 e. The fourth-order valence-electron chi connectivity index (χ4n) is 2.15. The molecule has 1 N–H and O–H groups in total. The van der Waals surface area contributed by atoms with E-state index < -0.39 is 0 Å². The Morgan fingerprint density at radius 3 is 2.57 bits per heavy atom. The minimum Gasteiger partial charge on any atom is -0.380 e. The molecule has 2 aromatic rings. The zero-order valence-electron chi connectivity index (χ0n) is 12.8. The molecule has 0 saturated heterocycles. The molecule has 21 heavy (non-hydrogen) atoms. The molecule has 0 aliphatic heterocycles. The predicted molar refractivity (Wildman–Crippen MR) is 94.5 cm³/mol. The van der Waals surface area contributed by atoms with Crippen LogP contribution in [0.1, 0.15) is 31.0 Å². The van der Waals surface area contributed by atoms with Crippen LogP contribution in [-0.2, 0) is 11.3 Å². The summed E-state index contributed by atoms with van der Waals surface area (Å²) in [5.74, 6) is 1.97. The summed E-state index contributed by atoms with van der Waals surface area (Å²) in [4.78, 5) is 9.44. The van der Waals surface area contributed by atoms with Crippen LogP contribution in [0.15, 0.2) is 24.3 Å². The third-order valence-electron chi connectivity index (χ3n) is 3.22. The standard InChI is InChI=1S/C16H20IN3O/c1-10(2)14-13(17)16(18-3)20-15(19-14)12-8-6-5-7-11(12)9-21-4/h5-8,10H,9H2,1-4H3,(H,18,19,20). The zero-order chi connectivity index (χ0) is 15.4. The van der Waals surface area contributed by atoms with E-state index in [2.05, 4.69) is 46.7 Å². The number of ether oxygens (including phenoxy) is 1. The molecular weight excluding hydrogens is 377 g/mol. The van der Waals surface area contributed by atoms with E-state index in [1.54, 1.807) is 7.11 Å². The Morgan fingerprint density at radius 1 is 1.24 bits per heavy atom. The summed E-state index contributed by atoms with van der Waals surface area (Å²) < 4.78 is 6.36. The van der Waals surface area contributed by atoms with E-state index in [1.165, 1.54) is 0 Å². The molecule has 0 amide bonds. The smallest absolute Gasteiger partial charge is 0.162 e. The molecule has 0 aliphatic rings. The van der Waals surface area contributed by atoms with Gasteiger partial charge in [0.05, 0.1) is 15.9 Å². The minimum absolute atomic E-state index is 0.348. The molecule has 2 rings (SSSR count). The van der Waals surface area contributed by atoms with E-state index in [9.17, 15) is 0 Å². The van der Waals surface area contributed by atoms with Crippen molar-refractivity contribution in [3.8, 4) is 11.4 Å². The Bertz CT molecular complexity index is 629. The fraction of sp³-hybridized carbons (Fsp3) is 0.375. The molecule has 1 aromatic carbocycles. The van der Waals surface area contributed by atoms with E-state index in [0.717, 1.165) is 32.0 Å². The lowest BCUT2D eigenvalue weighted by atomic mass is 10.1. The largest absolute Gasteiger partial charge is 0.380 e. The monoisotopic (exact) mass is 397 g/mol. The van der Waals surface area contributed by atoms with Gasteiger partial charge in [0.15, 0.2) is 5.82 Å². The topological polar surface area (TPSA) is 47.0 Å². The van der Waals surface area contributed by atoms with Crippen LogP contribution in [0.5, 0.6) is 0 Å². The lowest BCUT2D eigenvalue weighted by molar-refractivity contribution is 0.185. The second kappa shape index (κ2) is 7.17. The molecule has 0 unspecified atom stereocenters. The molecule has 0 radical (unpaired) electrons. The zero-order valence-corrected chi connectivity index (χ0v) is 14.9. The maximum atomic E-state index is 5.28. The molecule has 112 valence electrons. The van der Waals surface area contributed by atoms with Gasteiger partial charge in [-0.3, -0.25) is 0 Å². The SMILES string of the molecule is CNc1nc(-c2ccccc2COC)nc(C(C)C)c1I. The fourth-order valence-corrected chi connectivity index (χ4v) is 3.29. The Balaban J connectivity index is 2.61. The highest BCUT2D eigenvalue weighted by molar-refractivity contribution is 14.1. The first kappa shape index (κ1) is 16.2. The predicted octanol–water partition coefficient (Wildman–Crippen LogP) is 4.06. The van der Waals surface area contributed by atoms with Crippen molar-refractivity contribution in [1.29, 1.82) is 0 Å². The van der Waals surface area contributed by atoms with Gasteiger partial charge in [-0.1, -0.05) is 38.1 Å². The third kappa shape index (κ3) is 3.52. The number of hydrogen-bond donors (Lipinski definition) is 1. The Hall–Kier alpha value is -1.21. The molecule has 4 nitrogen and oxygen atoms in total. The van der Waals surface area contributed by atoms with Crippen molar-refractivity contribution in [2.75, 3.05) is 19.5 Å². The molecule has 0 atom stereocenters. The minimum atomic E-state index is 0.348. The average molecular weight is 397 g/mol. The summed E-state index contributed by atoms with van der Waals surface area (Å²) >= 11 is 2.31. The van der Waals surface area contributed by atoms with Gasteiger partial charge in [-0.15, -0.1) is 0 Å². The van der Waals surface area contributed by atoms with Gasteiger partial charge in [0.25, 0.3) is 0 Å². The van der Waals surface area contributed by atoms with Gasteiger partial charge in [0.1, 0.15) is 5.82 Å². The summed E-state index contributed by atoms with van der Waals surface area (Å²) in [6, 6.07) is 8.10. The number of methoxy groups -OCH3 is 1. The van der Waals surface area contributed by atoms with Crippen LogP contribution in [0, 0.1) is 3.57 Å². The summed E-state index contributed by atoms with van der Waals surface area (Å²) in [6.07, 6.45) is 0. The van der Waals surface area contributed by atoms with E-state index in [-0.39, 0.29) is 0 Å². The van der Waals surface area contributed by atoms with Crippen molar-refractivity contribution in [3.05, 3.63) is 39.1 Å². The summed E-state index contributed by atoms with van der Waals surface area (Å²) in [5, 5.41) is 3.16. The van der Waals surface area contributed by atoms with Crippen molar-refractivity contribution < 1.29 is 4.74 Å². The van der Waals surface area contributed by atoms with Crippen LogP contribution in [0.25, 0.3) is 11.4 Å². The van der Waals surface area contributed by atoms with Crippen LogP contribution in [0.2, 0.25) is 0 Å². The van der Waals surface area contributed by atoms with Gasteiger partial charge >= 0.3 is 0 Å². The van der Waals surface area contributed by atoms with Crippen LogP contribution in [-0.4, -0.2) is 24.1 Å². The number of rotatable bonds is 5. The summed E-state index contributed by atoms with van der Waals surface area (Å²) in [7, 11) is 3.59. The normalized spacial score (nSPS) is 11.0. The number of nitrogens with zero attached hydrogens (tertiary/aromatic N) is 2. The Kier molecular flexibility index (Phi) is 5.52. The number of aromatic nitrogens is 2. The van der Waals surface area contributed by atoms with Crippen molar-refractivity contribution in [1.82, 2.24) is 9.97 Å². The molecule has 0 spiro atoms. The lowest BCUT2D eigenvalue weighted by Crippen LogP contribution is -2.07. The molecule has 0 fully saturated rings. The summed E-state index contributed by atoms with van der Waals surface area (Å²) in [6.45, 7) is 4.85. The lowest BCUT2D eigenvalue weighted by Gasteiger charge is -2.15. The molecule has 5 heteroatoms. The summed E-state index contributed by atoms with van der Waals surface area (Å²) in [5.41, 5.74) is 3.18. The van der Waals surface area contributed by atoms with Crippen LogP contribution in [0.4, 0.5) is 5.82 Å². The molecule has 0 saturated carbocycles. The third-order valence-corrected chi connectivity index (χ3v) is 4.28. The van der Waals surface area contributed by atoms with E-state index in [4.69, 9.17) is 9.72 Å². The molecular formula is C16H20IN3O. The van der Waals surface area contributed by atoms with Gasteiger partial charge < -0.3 is 10.1 Å². The number of anilines is 1. The number of hydrogen-bond acceptors (Lipinski definition) is 4. The van der Waals surface area contributed by atoms with Gasteiger partial charge in [-0.25, -0.2) is 9.97 Å². The quantitative estimate of drug-likeness (QED) is 0.774. The van der Waals surface area contributed by atoms with E-state index >= 15 is 0 Å². The number of benzene rings is 1. The van der Waals surface area contributed by atoms with Gasteiger partial charge in [-0.05, 0) is 34.1 Å². The van der Waals surface area contributed by atoms with Crippen molar-refractivity contribution in [2.24, 2.45) is 0 Å². The molecule has 1 aromatic heterocycles. The van der Waals surface area contributed by atoms with E-state index in [0.29, 0.717) is 12.5 Å². The first-order valence-corrected chi connectivity index (χ1v) is 7.98. The Labute approximate surface area is 139 Å². The number of nitrogens with one attached hydrogen (secondary N) is 1. The highest BCUT2D eigenvalue weighted by atomic mass is 127. The molecule has 0 bridgehead atoms. The first-order valence-electron chi connectivity index (χ1n) is 6.90. The second-order valence-corrected chi connectivity index (χ2v) is 6.17. The Morgan fingerprint density at radius 2 is 1.95 bits per heavy atom. The highest BCUT2D eigenvalue weighted by Gasteiger charge is 2.16. The van der Waals surface area contributed by atoms with Gasteiger partial charge in [0, 0.05) is 19.7 Å². The van der Waals surface area contributed by atoms with Gasteiger partial charge in [0.2, 0.25) is 0 Å². The molecule has 1 heterocycles. The van der Waals surface area contributed by atoms with Crippen molar-refractivity contribution >= 4 is 28.4 Å². The van der Waals surface area contributed by atoms with Crippen LogP contribution >= 0.6 is 22.6 Å². The van der Waals surface area contributed by atoms with Crippen LogP contribution < -0.4 is 5.32 Å². The number of halogens is 1. The highest BCUT2D eigenvalue weighted by Crippen LogP contribution is 2.29. The second-order valence-electron chi connectivity index (χ2n) is 5.09. The van der Waals surface area contributed by atoms with Crippen molar-refractivity contribution in [3.63, 3.8) is 0 Å². The van der Waals surface area contributed by atoms with Gasteiger partial charge in [-0.2, -0.15) is 0 Å². The molecule has 0 aliphatic carbocycles. The van der Waals surface area contributed by atoms with Crippen molar-refractivity contribution in [2.45, 2.75) is 26.4 Å². The first-order chi connectivity index (χ1) is 10.1. The van der Waals surface area contributed by atoms with Crippen LogP contribution in [0.3, 0.4) is 0 Å². The average Bonchev–Trinajstić information content (AvgIpc) is 2.48. The van der Waals surface area contributed by atoms with E-state index in [1.807, 2.05) is 31.3 Å².